The van der Waals surface area contributed by atoms with Crippen LogP contribution in [0.1, 0.15) is 30.1 Å². The maximum absolute atomic E-state index is 13.3. The van der Waals surface area contributed by atoms with E-state index in [2.05, 4.69) is 38.3 Å². The van der Waals surface area contributed by atoms with Gasteiger partial charge in [0, 0.05) is 21.0 Å². The van der Waals surface area contributed by atoms with Gasteiger partial charge in [-0.15, -0.1) is 5.10 Å². The van der Waals surface area contributed by atoms with Crippen molar-refractivity contribution in [1.82, 2.24) is 10.3 Å². The molecule has 2 heterocycles. The number of carbonyl (C=O) groups excluding carboxylic acids is 2. The van der Waals surface area contributed by atoms with Gasteiger partial charge < -0.3 is 0 Å². The summed E-state index contributed by atoms with van der Waals surface area (Å²) in [6.45, 7) is 2.11. The van der Waals surface area contributed by atoms with Crippen LogP contribution in [0.5, 0.6) is 0 Å². The van der Waals surface area contributed by atoms with E-state index in [0.717, 1.165) is 23.1 Å². The lowest BCUT2D eigenvalue weighted by atomic mass is 10.1. The second kappa shape index (κ2) is 8.51. The van der Waals surface area contributed by atoms with Gasteiger partial charge in [-0.2, -0.15) is 0 Å². The number of unbranched alkanes of at least 4 members (excludes halogenated alkanes) is 1. The first-order valence-electron chi connectivity index (χ1n) is 9.37. The molecule has 8 heteroatoms. The third-order valence-electron chi connectivity index (χ3n) is 4.62. The fourth-order valence-corrected chi connectivity index (χ4v) is 4.34. The Balaban J connectivity index is 1.80. The molecular weight excluding hydrogens is 452 g/mol. The van der Waals surface area contributed by atoms with Crippen molar-refractivity contribution >= 4 is 50.2 Å². The number of benzene rings is 2. The topological polar surface area (TPSA) is 74.1 Å². The van der Waals surface area contributed by atoms with E-state index in [1.165, 1.54) is 16.8 Å². The molecule has 2 aliphatic heterocycles. The van der Waals surface area contributed by atoms with E-state index in [1.54, 1.807) is 12.1 Å². The Bertz CT molecular complexity index is 1110. The van der Waals surface area contributed by atoms with Crippen LogP contribution >= 0.6 is 27.7 Å². The van der Waals surface area contributed by atoms with E-state index in [9.17, 15) is 9.59 Å². The van der Waals surface area contributed by atoms with E-state index >= 15 is 0 Å². The molecule has 0 spiro atoms. The number of halogens is 1. The standard InChI is InChI=1S/C21H19BrN4O2S/c1-2-3-12-29-21-24-20(28)17-15-6-4-5-7-16(15)23-19(26(17)25-21)18(27)13-8-10-14(22)11-9-13/h4-11,19H,2-3,12H2,1H3,(H,24,25,28)/t19-/m1/s1. The van der Waals surface area contributed by atoms with Crippen LogP contribution in [0.15, 0.2) is 63.1 Å². The maximum Gasteiger partial charge on any atom is 0.276 e. The van der Waals surface area contributed by atoms with E-state index in [-0.39, 0.29) is 11.7 Å². The Hall–Kier alpha value is -2.45. The molecule has 6 nitrogen and oxygen atoms in total. The van der Waals surface area contributed by atoms with Gasteiger partial charge in [-0.05, 0) is 24.6 Å². The molecule has 0 unspecified atom stereocenters. The Morgan fingerprint density at radius 3 is 2.72 bits per heavy atom. The molecule has 0 aromatic heterocycles. The van der Waals surface area contributed by atoms with Crippen LogP contribution in [-0.2, 0) is 4.79 Å². The zero-order chi connectivity index (χ0) is 20.4. The van der Waals surface area contributed by atoms with Crippen molar-refractivity contribution in [2.75, 3.05) is 5.75 Å². The minimum Gasteiger partial charge on any atom is -0.298 e. The Morgan fingerprint density at radius 1 is 1.21 bits per heavy atom. The molecule has 148 valence electrons. The quantitative estimate of drug-likeness (QED) is 0.538. The van der Waals surface area contributed by atoms with Crippen molar-refractivity contribution in [1.29, 1.82) is 0 Å². The molecule has 0 fully saturated rings. The zero-order valence-corrected chi connectivity index (χ0v) is 18.2. The minimum absolute atomic E-state index is 0.208. The van der Waals surface area contributed by atoms with Gasteiger partial charge in [-0.25, -0.2) is 10.0 Å². The summed E-state index contributed by atoms with van der Waals surface area (Å²) in [4.78, 5) is 30.9. The molecule has 0 saturated carbocycles. The molecule has 0 bridgehead atoms. The number of hydrogen-bond donors (Lipinski definition) is 1. The number of thioether (sulfide) groups is 1. The third-order valence-corrected chi connectivity index (χ3v) is 6.09. The zero-order valence-electron chi connectivity index (χ0n) is 15.8. The number of nitrogens with zero attached hydrogens (tertiary/aromatic N) is 3. The van der Waals surface area contributed by atoms with Crippen molar-refractivity contribution in [3.63, 3.8) is 0 Å². The lowest BCUT2D eigenvalue weighted by molar-refractivity contribution is -0.115. The maximum atomic E-state index is 13.3. The van der Waals surface area contributed by atoms with Crippen LogP contribution in [0.4, 0.5) is 0 Å². The average Bonchev–Trinajstić information content (AvgIpc) is 2.73. The molecule has 1 atom stereocenters. The predicted octanol–water partition coefficient (Wildman–Crippen LogP) is 2.64. The Kier molecular flexibility index (Phi) is 5.82. The van der Waals surface area contributed by atoms with Gasteiger partial charge in [0.1, 0.15) is 5.70 Å². The van der Waals surface area contributed by atoms with Gasteiger partial charge in [0.15, 0.2) is 5.17 Å². The highest BCUT2D eigenvalue weighted by atomic mass is 79.9. The molecule has 1 amide bonds. The molecule has 0 saturated heterocycles. The molecule has 2 aliphatic rings. The Morgan fingerprint density at radius 2 is 1.97 bits per heavy atom. The van der Waals surface area contributed by atoms with Gasteiger partial charge in [0.05, 0.1) is 5.36 Å². The Labute approximate surface area is 180 Å². The van der Waals surface area contributed by atoms with E-state index < -0.39 is 6.17 Å². The van der Waals surface area contributed by atoms with Gasteiger partial charge in [-0.1, -0.05) is 71.4 Å². The average molecular weight is 471 g/mol. The van der Waals surface area contributed by atoms with Crippen LogP contribution in [0.2, 0.25) is 0 Å². The summed E-state index contributed by atoms with van der Waals surface area (Å²) in [5.74, 6) is 0.369. The number of rotatable bonds is 5. The predicted molar refractivity (Wildman–Crippen MR) is 118 cm³/mol. The summed E-state index contributed by atoms with van der Waals surface area (Å²) in [6, 6.07) is 14.4. The largest absolute Gasteiger partial charge is 0.298 e. The van der Waals surface area contributed by atoms with Crippen LogP contribution < -0.4 is 15.9 Å². The number of hydrazone groups is 1. The SMILES string of the molecule is CCCCSC1=NN2C(=c3ccccc3=N[C@H]2C(=O)c2ccc(Br)cc2)C(=O)N1. The van der Waals surface area contributed by atoms with E-state index in [1.807, 2.05) is 36.4 Å². The summed E-state index contributed by atoms with van der Waals surface area (Å²) in [7, 11) is 0. The van der Waals surface area contributed by atoms with Crippen molar-refractivity contribution in [2.45, 2.75) is 25.9 Å². The normalized spacial score (nSPS) is 17.7. The van der Waals surface area contributed by atoms with Crippen LogP contribution in [0, 0.1) is 0 Å². The number of nitrogens with one attached hydrogen (secondary N) is 1. The second-order valence-corrected chi connectivity index (χ2v) is 8.64. The summed E-state index contributed by atoms with van der Waals surface area (Å²) < 4.78 is 0.886. The highest BCUT2D eigenvalue weighted by Gasteiger charge is 2.37. The van der Waals surface area contributed by atoms with Gasteiger partial charge in [0.25, 0.3) is 5.91 Å². The molecular formula is C21H19BrN4O2S. The molecule has 2 aromatic carbocycles. The van der Waals surface area contributed by atoms with Crippen molar-refractivity contribution in [3.8, 4) is 0 Å². The van der Waals surface area contributed by atoms with Crippen LogP contribution in [0.3, 0.4) is 0 Å². The summed E-state index contributed by atoms with van der Waals surface area (Å²) >= 11 is 4.86. The summed E-state index contributed by atoms with van der Waals surface area (Å²) in [6.07, 6.45) is 1.15. The molecule has 1 N–H and O–H groups in total. The van der Waals surface area contributed by atoms with Crippen molar-refractivity contribution in [3.05, 3.63) is 69.1 Å². The van der Waals surface area contributed by atoms with Gasteiger partial charge >= 0.3 is 0 Å². The molecule has 0 aliphatic carbocycles. The fourth-order valence-electron chi connectivity index (χ4n) is 3.14. The second-order valence-electron chi connectivity index (χ2n) is 6.65. The van der Waals surface area contributed by atoms with Crippen molar-refractivity contribution < 1.29 is 9.59 Å². The van der Waals surface area contributed by atoms with Crippen LogP contribution in [-0.4, -0.2) is 33.8 Å². The van der Waals surface area contributed by atoms with E-state index in [4.69, 9.17) is 0 Å². The first-order chi connectivity index (χ1) is 14.1. The summed E-state index contributed by atoms with van der Waals surface area (Å²) in [5.41, 5.74) is 0.868. The minimum atomic E-state index is -0.922. The number of ketones is 1. The highest BCUT2D eigenvalue weighted by molar-refractivity contribution is 9.10. The van der Waals surface area contributed by atoms with Gasteiger partial charge in [-0.3, -0.25) is 14.9 Å². The fraction of sp³-hybridized carbons (Fsp3) is 0.238. The van der Waals surface area contributed by atoms with Crippen LogP contribution in [0.25, 0.3) is 5.70 Å². The number of para-hydroxylation sites is 1. The molecule has 29 heavy (non-hydrogen) atoms. The number of fused-ring (bicyclic) bond motifs is 2. The number of hydrogen-bond acceptors (Lipinski definition) is 6. The first kappa shape index (κ1) is 19.8. The van der Waals surface area contributed by atoms with Crippen molar-refractivity contribution in [2.24, 2.45) is 10.1 Å². The third kappa shape index (κ3) is 4.00. The highest BCUT2D eigenvalue weighted by Crippen LogP contribution is 2.24. The number of amidine groups is 1. The lowest BCUT2D eigenvalue weighted by Crippen LogP contribution is -2.54. The van der Waals surface area contributed by atoms with E-state index in [0.29, 0.717) is 27.0 Å². The number of Topliss-reactive ketones (excluding diaryl/α,β-unsaturated/α-hetero) is 1. The number of carbonyl (C=O) groups is 2. The first-order valence-corrected chi connectivity index (χ1v) is 11.2. The molecule has 0 radical (unpaired) electrons. The summed E-state index contributed by atoms with van der Waals surface area (Å²) in [5, 5.41) is 10.7. The smallest absolute Gasteiger partial charge is 0.276 e. The monoisotopic (exact) mass is 470 g/mol. The lowest BCUT2D eigenvalue weighted by Gasteiger charge is -2.33. The molecule has 2 aromatic rings. The van der Waals surface area contributed by atoms with Gasteiger partial charge in [0.2, 0.25) is 11.9 Å². The molecule has 4 rings (SSSR count). The number of amides is 1.